The van der Waals surface area contributed by atoms with Gasteiger partial charge in [-0.3, -0.25) is 0 Å². The molecule has 262 valence electrons. The summed E-state index contributed by atoms with van der Waals surface area (Å²) in [4.78, 5) is 5.14. The van der Waals surface area contributed by atoms with Gasteiger partial charge in [-0.15, -0.1) is 5.10 Å². The van der Waals surface area contributed by atoms with Crippen LogP contribution in [0.15, 0.2) is 192 Å². The van der Waals surface area contributed by atoms with Gasteiger partial charge in [0.1, 0.15) is 11.2 Å². The number of nitrogens with zero attached hydrogens (tertiary/aromatic N) is 5. The van der Waals surface area contributed by atoms with Gasteiger partial charge in [0.25, 0.3) is 0 Å². The fourth-order valence-electron chi connectivity index (χ4n) is 8.58. The maximum atomic E-state index is 6.34. The highest BCUT2D eigenvalue weighted by Crippen LogP contribution is 2.40. The van der Waals surface area contributed by atoms with Gasteiger partial charge >= 0.3 is 0 Å². The van der Waals surface area contributed by atoms with E-state index in [-0.39, 0.29) is 0 Å². The van der Waals surface area contributed by atoms with Crippen molar-refractivity contribution in [2.45, 2.75) is 0 Å². The van der Waals surface area contributed by atoms with Crippen LogP contribution < -0.4 is 0 Å². The molecule has 8 aromatic carbocycles. The Bertz CT molecular complexity index is 3480. The van der Waals surface area contributed by atoms with E-state index in [9.17, 15) is 0 Å². The average Bonchev–Trinajstić information content (AvgIpc) is 4.03. The van der Waals surface area contributed by atoms with Crippen LogP contribution in [0.4, 0.5) is 0 Å². The van der Waals surface area contributed by atoms with Gasteiger partial charge in [-0.2, -0.15) is 0 Å². The van der Waals surface area contributed by atoms with Gasteiger partial charge in [0.2, 0.25) is 0 Å². The number of fused-ring (bicyclic) bond motifs is 9. The lowest BCUT2D eigenvalue weighted by Gasteiger charge is -2.13. The molecule has 0 saturated carbocycles. The molecule has 0 radical (unpaired) electrons. The predicted octanol–water partition coefficient (Wildman–Crippen LogP) is 12.7. The zero-order valence-corrected chi connectivity index (χ0v) is 30.0. The summed E-state index contributed by atoms with van der Waals surface area (Å²) in [5, 5.41) is 11.9. The summed E-state index contributed by atoms with van der Waals surface area (Å²) in [6.07, 6.45) is 0. The number of rotatable bonds is 5. The number of hydrogen-bond donors (Lipinski definition) is 0. The van der Waals surface area contributed by atoms with Crippen molar-refractivity contribution in [3.63, 3.8) is 0 Å². The highest BCUT2D eigenvalue weighted by molar-refractivity contribution is 6.17. The van der Waals surface area contributed by atoms with Crippen LogP contribution in [-0.2, 0) is 0 Å². The number of para-hydroxylation sites is 4. The van der Waals surface area contributed by atoms with Crippen LogP contribution in [0.2, 0.25) is 0 Å². The van der Waals surface area contributed by atoms with E-state index in [4.69, 9.17) is 14.5 Å². The summed E-state index contributed by atoms with van der Waals surface area (Å²) in [7, 11) is 0. The van der Waals surface area contributed by atoms with Crippen molar-refractivity contribution in [3.8, 4) is 39.8 Å². The molecule has 0 saturated heterocycles. The van der Waals surface area contributed by atoms with E-state index in [1.807, 2.05) is 53.2 Å². The first kappa shape index (κ1) is 30.7. The van der Waals surface area contributed by atoms with Gasteiger partial charge in [0.05, 0.1) is 27.8 Å². The van der Waals surface area contributed by atoms with Crippen LogP contribution in [0.5, 0.6) is 0 Å². The minimum absolute atomic E-state index is 0.690. The molecule has 0 bridgehead atoms. The molecule has 56 heavy (non-hydrogen) atoms. The Kier molecular flexibility index (Phi) is 6.53. The second-order valence-electron chi connectivity index (χ2n) is 14.3. The van der Waals surface area contributed by atoms with Crippen LogP contribution in [0.25, 0.3) is 105 Å². The summed E-state index contributed by atoms with van der Waals surface area (Å²) in [5.41, 5.74) is 11.5. The van der Waals surface area contributed by atoms with Gasteiger partial charge in [-0.1, -0.05) is 109 Å². The Morgan fingerprint density at radius 2 is 0.946 bits per heavy atom. The smallest absolute Gasteiger partial charge is 0.182 e. The average molecular weight is 718 g/mol. The van der Waals surface area contributed by atoms with Crippen LogP contribution in [0, 0.1) is 0 Å². The molecular formula is C50H31N5O. The van der Waals surface area contributed by atoms with Crippen molar-refractivity contribution in [2.24, 2.45) is 0 Å². The number of benzene rings is 8. The molecule has 0 aliphatic heterocycles. The van der Waals surface area contributed by atoms with Crippen molar-refractivity contribution in [3.05, 3.63) is 188 Å². The van der Waals surface area contributed by atoms with Crippen molar-refractivity contribution in [1.29, 1.82) is 0 Å². The molecule has 12 aromatic rings. The molecular weight excluding hydrogens is 687 g/mol. The largest absolute Gasteiger partial charge is 0.456 e. The zero-order valence-electron chi connectivity index (χ0n) is 30.0. The van der Waals surface area contributed by atoms with E-state index in [0.717, 1.165) is 83.4 Å². The monoisotopic (exact) mass is 717 g/mol. The van der Waals surface area contributed by atoms with Gasteiger partial charge < -0.3 is 13.6 Å². The lowest BCUT2D eigenvalue weighted by Crippen LogP contribution is -2.00. The van der Waals surface area contributed by atoms with Crippen molar-refractivity contribution < 1.29 is 4.42 Å². The van der Waals surface area contributed by atoms with Crippen LogP contribution in [0.1, 0.15) is 0 Å². The molecule has 0 amide bonds. The Labute approximate surface area is 320 Å². The molecule has 0 unspecified atom stereocenters. The first-order valence-corrected chi connectivity index (χ1v) is 18.8. The number of furan rings is 1. The van der Waals surface area contributed by atoms with Gasteiger partial charge in [0.15, 0.2) is 11.6 Å². The van der Waals surface area contributed by atoms with E-state index >= 15 is 0 Å². The SMILES string of the molecule is c1ccc(-c2nc(-c3ccc4c(c3)c3ccccc3n4-c3cccc(-n4c5ccccc5c5cc6oc7ccccc7c6cc54)c3)n(-c3ccccc3)n2)cc1. The van der Waals surface area contributed by atoms with Crippen molar-refractivity contribution >= 4 is 65.6 Å². The maximum Gasteiger partial charge on any atom is 0.182 e. The molecule has 4 heterocycles. The molecule has 0 N–H and O–H groups in total. The first-order valence-electron chi connectivity index (χ1n) is 18.8. The quantitative estimate of drug-likeness (QED) is 0.178. The summed E-state index contributed by atoms with van der Waals surface area (Å²) < 4.78 is 13.1. The topological polar surface area (TPSA) is 53.7 Å². The minimum Gasteiger partial charge on any atom is -0.456 e. The fraction of sp³-hybridized carbons (Fsp3) is 0. The van der Waals surface area contributed by atoms with Gasteiger partial charge in [-0.25, -0.2) is 9.67 Å². The third-order valence-corrected chi connectivity index (χ3v) is 11.1. The summed E-state index contributed by atoms with van der Waals surface area (Å²) in [6.45, 7) is 0. The Hall–Kier alpha value is -7.70. The molecule has 4 aromatic heterocycles. The molecule has 0 spiro atoms. The van der Waals surface area contributed by atoms with E-state index in [1.165, 1.54) is 16.2 Å². The molecule has 0 atom stereocenters. The lowest BCUT2D eigenvalue weighted by atomic mass is 10.1. The first-order chi connectivity index (χ1) is 27.8. The van der Waals surface area contributed by atoms with E-state index in [0.29, 0.717) is 5.82 Å². The molecule has 6 nitrogen and oxygen atoms in total. The summed E-state index contributed by atoms with van der Waals surface area (Å²) in [6, 6.07) is 66.1. The molecule has 0 aliphatic carbocycles. The van der Waals surface area contributed by atoms with Gasteiger partial charge in [0, 0.05) is 54.8 Å². The third-order valence-electron chi connectivity index (χ3n) is 11.1. The van der Waals surface area contributed by atoms with Crippen molar-refractivity contribution in [1.82, 2.24) is 23.9 Å². The van der Waals surface area contributed by atoms with E-state index in [1.54, 1.807) is 0 Å². The second-order valence-corrected chi connectivity index (χ2v) is 14.3. The molecule has 0 aliphatic rings. The standard InChI is InChI=1S/C50H31N5O/c1-3-14-32(15-4-1)49-51-50(55(52-49)34-16-5-2-6-17-34)33-26-27-45-40(28-33)37-20-7-10-23-43(37)53(45)35-18-13-19-36(29-35)54-44-24-11-8-21-38(44)41-31-48-42(30-46(41)54)39-22-9-12-25-47(39)56-48/h1-31H. The highest BCUT2D eigenvalue weighted by Gasteiger charge is 2.20. The van der Waals surface area contributed by atoms with E-state index in [2.05, 4.69) is 149 Å². The minimum atomic E-state index is 0.690. The highest BCUT2D eigenvalue weighted by atomic mass is 16.3. The van der Waals surface area contributed by atoms with Gasteiger partial charge in [-0.05, 0) is 78.9 Å². The molecule has 12 rings (SSSR count). The molecule has 6 heteroatoms. The number of aromatic nitrogens is 5. The second kappa shape index (κ2) is 11.9. The van der Waals surface area contributed by atoms with E-state index < -0.39 is 0 Å². The predicted molar refractivity (Wildman–Crippen MR) is 228 cm³/mol. The maximum absolute atomic E-state index is 6.34. The van der Waals surface area contributed by atoms with Crippen LogP contribution in [-0.4, -0.2) is 23.9 Å². The Morgan fingerprint density at radius 1 is 0.357 bits per heavy atom. The third kappa shape index (κ3) is 4.56. The Morgan fingerprint density at radius 3 is 1.70 bits per heavy atom. The summed E-state index contributed by atoms with van der Waals surface area (Å²) >= 11 is 0. The van der Waals surface area contributed by atoms with Crippen molar-refractivity contribution in [2.75, 3.05) is 0 Å². The zero-order chi connectivity index (χ0) is 36.7. The Balaban J connectivity index is 1.05. The normalized spacial score (nSPS) is 11.9. The molecule has 0 fully saturated rings. The lowest BCUT2D eigenvalue weighted by molar-refractivity contribution is 0.669. The summed E-state index contributed by atoms with van der Waals surface area (Å²) in [5.74, 6) is 1.48. The van der Waals surface area contributed by atoms with Crippen LogP contribution >= 0.6 is 0 Å². The fourth-order valence-corrected chi connectivity index (χ4v) is 8.58. The van der Waals surface area contributed by atoms with Crippen LogP contribution in [0.3, 0.4) is 0 Å². The number of hydrogen-bond acceptors (Lipinski definition) is 3.